The SMILES string of the molecule is CC[C@@H](C#N)NC(=O)[C@@H]1[C@@H]2[C@H](CN1C(=O)[C@@H](NC(=O)C(F)(Cl)C(F)(F)F)C(C)(C)C)C2(C)C. The van der Waals surface area contributed by atoms with E-state index >= 15 is 0 Å². The third-order valence-electron chi connectivity index (χ3n) is 6.67. The Morgan fingerprint density at radius 2 is 1.73 bits per heavy atom. The van der Waals surface area contributed by atoms with Gasteiger partial charge in [-0.05, 0) is 29.1 Å². The van der Waals surface area contributed by atoms with E-state index in [4.69, 9.17) is 11.6 Å². The van der Waals surface area contributed by atoms with Crippen molar-refractivity contribution >= 4 is 29.3 Å². The fraction of sp³-hybridized carbons (Fsp3) is 0.810. The standard InChI is InChI=1S/C21H29ClF4N4O3/c1-7-10(8-27)28-15(31)13-12-11(19(12,5)6)9-30(13)16(32)14(18(2,3)4)29-17(33)20(22,23)21(24,25)26/h10-14H,7,9H2,1-6H3,(H,28,31)(H,29,33)/t10-,11-,12-,13-,14+,20?/m0/s1. The quantitative estimate of drug-likeness (QED) is 0.436. The zero-order valence-corrected chi connectivity index (χ0v) is 20.1. The third kappa shape index (κ3) is 4.91. The third-order valence-corrected chi connectivity index (χ3v) is 7.06. The summed E-state index contributed by atoms with van der Waals surface area (Å²) in [6.07, 6.45) is -5.36. The van der Waals surface area contributed by atoms with Gasteiger partial charge in [-0.1, -0.05) is 53.1 Å². The molecule has 33 heavy (non-hydrogen) atoms. The highest BCUT2D eigenvalue weighted by molar-refractivity contribution is 6.34. The summed E-state index contributed by atoms with van der Waals surface area (Å²) in [5.74, 6) is -3.84. The summed E-state index contributed by atoms with van der Waals surface area (Å²) in [7, 11) is 0. The first-order valence-electron chi connectivity index (χ1n) is 10.6. The van der Waals surface area contributed by atoms with E-state index in [0.717, 1.165) is 0 Å². The molecule has 0 radical (unpaired) electrons. The van der Waals surface area contributed by atoms with Crippen LogP contribution in [0.15, 0.2) is 0 Å². The molecule has 2 aliphatic rings. The van der Waals surface area contributed by atoms with Crippen LogP contribution in [0.2, 0.25) is 0 Å². The van der Waals surface area contributed by atoms with Crippen LogP contribution in [-0.4, -0.2) is 58.6 Å². The Morgan fingerprint density at radius 1 is 1.18 bits per heavy atom. The number of alkyl halides is 5. The van der Waals surface area contributed by atoms with Crippen LogP contribution < -0.4 is 10.6 Å². The number of fused-ring (bicyclic) bond motifs is 1. The Labute approximate surface area is 195 Å². The van der Waals surface area contributed by atoms with Crippen molar-refractivity contribution in [2.45, 2.75) is 77.4 Å². The van der Waals surface area contributed by atoms with Crippen LogP contribution in [0.3, 0.4) is 0 Å². The van der Waals surface area contributed by atoms with Gasteiger partial charge in [0.15, 0.2) is 0 Å². The Morgan fingerprint density at radius 3 is 2.15 bits per heavy atom. The topological polar surface area (TPSA) is 102 Å². The number of carbonyl (C=O) groups excluding carboxylic acids is 3. The zero-order valence-electron chi connectivity index (χ0n) is 19.3. The summed E-state index contributed by atoms with van der Waals surface area (Å²) in [4.78, 5) is 39.8. The average Bonchev–Trinajstić information content (AvgIpc) is 3.03. The molecule has 2 fully saturated rings. The molecule has 6 atom stereocenters. The number of amides is 3. The summed E-state index contributed by atoms with van der Waals surface area (Å²) in [6, 6.07) is -1.39. The van der Waals surface area contributed by atoms with Gasteiger partial charge in [0.25, 0.3) is 5.91 Å². The Hall–Kier alpha value is -2.09. The molecule has 1 unspecified atom stereocenters. The highest BCUT2D eigenvalue weighted by Crippen LogP contribution is 2.65. The predicted molar refractivity (Wildman–Crippen MR) is 111 cm³/mol. The van der Waals surface area contributed by atoms with Gasteiger partial charge >= 0.3 is 11.3 Å². The Bertz CT molecular complexity index is 863. The maximum absolute atomic E-state index is 14.0. The lowest BCUT2D eigenvalue weighted by atomic mass is 9.85. The molecule has 7 nitrogen and oxygen atoms in total. The number of hydrogen-bond donors (Lipinski definition) is 2. The second-order valence-electron chi connectivity index (χ2n) is 10.3. The minimum Gasteiger partial charge on any atom is -0.340 e. The average molecular weight is 497 g/mol. The molecule has 2 N–H and O–H groups in total. The van der Waals surface area contributed by atoms with Crippen molar-refractivity contribution in [1.29, 1.82) is 5.26 Å². The Kier molecular flexibility index (Phi) is 7.08. The van der Waals surface area contributed by atoms with Crippen LogP contribution in [0.25, 0.3) is 0 Å². The number of nitriles is 1. The van der Waals surface area contributed by atoms with Gasteiger partial charge in [-0.25, -0.2) is 4.39 Å². The van der Waals surface area contributed by atoms with Gasteiger partial charge in [-0.15, -0.1) is 0 Å². The van der Waals surface area contributed by atoms with Crippen LogP contribution in [-0.2, 0) is 14.4 Å². The monoisotopic (exact) mass is 496 g/mol. The molecule has 1 aliphatic carbocycles. The number of piperidine rings is 1. The van der Waals surface area contributed by atoms with E-state index in [-0.39, 0.29) is 23.8 Å². The van der Waals surface area contributed by atoms with E-state index in [1.807, 2.05) is 25.2 Å². The summed E-state index contributed by atoms with van der Waals surface area (Å²) in [5.41, 5.74) is -1.39. The lowest BCUT2D eigenvalue weighted by molar-refractivity contribution is -0.201. The number of nitrogens with one attached hydrogen (secondary N) is 2. The van der Waals surface area contributed by atoms with E-state index in [9.17, 15) is 37.2 Å². The highest BCUT2D eigenvalue weighted by atomic mass is 35.5. The van der Waals surface area contributed by atoms with E-state index in [0.29, 0.717) is 6.42 Å². The number of halogens is 5. The normalized spacial score (nSPS) is 27.5. The number of nitrogens with zero attached hydrogens (tertiary/aromatic N) is 2. The molecule has 2 rings (SSSR count). The lowest BCUT2D eigenvalue weighted by Crippen LogP contribution is -2.62. The van der Waals surface area contributed by atoms with Gasteiger partial charge in [-0.3, -0.25) is 14.4 Å². The first-order chi connectivity index (χ1) is 14.8. The predicted octanol–water partition coefficient (Wildman–Crippen LogP) is 2.89. The maximum Gasteiger partial charge on any atom is 0.446 e. The minimum atomic E-state index is -5.70. The largest absolute Gasteiger partial charge is 0.446 e. The lowest BCUT2D eigenvalue weighted by Gasteiger charge is -2.38. The molecule has 0 spiro atoms. The Balaban J connectivity index is 2.34. The summed E-state index contributed by atoms with van der Waals surface area (Å²) in [5, 5.41) is 8.86. The molecular weight excluding hydrogens is 468 g/mol. The van der Waals surface area contributed by atoms with Gasteiger partial charge in [0.1, 0.15) is 18.1 Å². The van der Waals surface area contributed by atoms with Crippen molar-refractivity contribution in [3.63, 3.8) is 0 Å². The summed E-state index contributed by atoms with van der Waals surface area (Å²) in [6.45, 7) is 10.2. The molecule has 0 aromatic carbocycles. The number of carbonyl (C=O) groups is 3. The molecule has 0 aromatic rings. The van der Waals surface area contributed by atoms with Crippen LogP contribution in [0.5, 0.6) is 0 Å². The summed E-state index contributed by atoms with van der Waals surface area (Å²) >= 11 is 4.83. The van der Waals surface area contributed by atoms with Crippen molar-refractivity contribution in [2.75, 3.05) is 6.54 Å². The molecule has 0 bridgehead atoms. The highest BCUT2D eigenvalue weighted by Gasteiger charge is 2.70. The van der Waals surface area contributed by atoms with Gasteiger partial charge in [0.2, 0.25) is 11.8 Å². The van der Waals surface area contributed by atoms with E-state index in [2.05, 4.69) is 5.32 Å². The first kappa shape index (κ1) is 27.2. The van der Waals surface area contributed by atoms with Crippen LogP contribution in [0, 0.1) is 34.0 Å². The van der Waals surface area contributed by atoms with Crippen LogP contribution >= 0.6 is 11.6 Å². The van der Waals surface area contributed by atoms with Crippen molar-refractivity contribution in [2.24, 2.45) is 22.7 Å². The smallest absolute Gasteiger partial charge is 0.340 e. The van der Waals surface area contributed by atoms with Crippen molar-refractivity contribution in [3.05, 3.63) is 0 Å². The summed E-state index contributed by atoms with van der Waals surface area (Å²) < 4.78 is 52.7. The second-order valence-corrected chi connectivity index (χ2v) is 10.9. The molecule has 0 aromatic heterocycles. The van der Waals surface area contributed by atoms with Gasteiger partial charge < -0.3 is 15.5 Å². The molecule has 12 heteroatoms. The number of hydrogen-bond acceptors (Lipinski definition) is 4. The number of likely N-dealkylation sites (tertiary alicyclic amines) is 1. The molecular formula is C21H29ClF4N4O3. The minimum absolute atomic E-state index is 0.0425. The van der Waals surface area contributed by atoms with Crippen molar-refractivity contribution in [1.82, 2.24) is 15.5 Å². The molecule has 1 saturated heterocycles. The second kappa shape index (κ2) is 8.60. The molecule has 186 valence electrons. The maximum atomic E-state index is 14.0. The van der Waals surface area contributed by atoms with Gasteiger partial charge in [-0.2, -0.15) is 18.4 Å². The van der Waals surface area contributed by atoms with Crippen LogP contribution in [0.1, 0.15) is 48.0 Å². The van der Waals surface area contributed by atoms with Gasteiger partial charge in [0.05, 0.1) is 6.07 Å². The molecule has 1 saturated carbocycles. The van der Waals surface area contributed by atoms with Crippen molar-refractivity contribution in [3.8, 4) is 6.07 Å². The van der Waals surface area contributed by atoms with E-state index in [1.54, 1.807) is 6.92 Å². The van der Waals surface area contributed by atoms with Crippen LogP contribution in [0.4, 0.5) is 17.6 Å². The first-order valence-corrected chi connectivity index (χ1v) is 11.0. The molecule has 1 heterocycles. The zero-order chi connectivity index (χ0) is 25.7. The van der Waals surface area contributed by atoms with E-state index in [1.165, 1.54) is 25.7 Å². The van der Waals surface area contributed by atoms with Gasteiger partial charge in [0, 0.05) is 6.54 Å². The fourth-order valence-corrected chi connectivity index (χ4v) is 4.52. The van der Waals surface area contributed by atoms with E-state index < -0.39 is 52.6 Å². The molecule has 1 aliphatic heterocycles. The number of rotatable bonds is 6. The van der Waals surface area contributed by atoms with Crippen molar-refractivity contribution < 1.29 is 31.9 Å². The fourth-order valence-electron chi connectivity index (χ4n) is 4.46. The molecule has 3 amide bonds.